The van der Waals surface area contributed by atoms with Crippen LogP contribution < -0.4 is 10.3 Å². The van der Waals surface area contributed by atoms with E-state index in [1.54, 1.807) is 31.2 Å². The van der Waals surface area contributed by atoms with Crippen molar-refractivity contribution in [1.29, 1.82) is 0 Å². The Hall–Kier alpha value is -2.75. The molecule has 0 aliphatic carbocycles. The average molecular weight is 525 g/mol. The molecule has 0 fully saturated rings. The van der Waals surface area contributed by atoms with E-state index in [9.17, 15) is 18.4 Å². The molecule has 156 valence electrons. The van der Waals surface area contributed by atoms with Gasteiger partial charge in [0.1, 0.15) is 27.6 Å². The van der Waals surface area contributed by atoms with E-state index in [1.165, 1.54) is 17.7 Å². The van der Waals surface area contributed by atoms with Gasteiger partial charge in [0, 0.05) is 23.4 Å². The monoisotopic (exact) mass is 525 g/mol. The highest BCUT2D eigenvalue weighted by Crippen LogP contribution is 2.24. The highest BCUT2D eigenvalue weighted by Gasteiger charge is 2.17. The number of hydrogen-bond donors (Lipinski definition) is 0. The van der Waals surface area contributed by atoms with Crippen molar-refractivity contribution in [2.75, 3.05) is 7.11 Å². The molecule has 0 unspecified atom stereocenters. The molecule has 3 rings (SSSR count). The van der Waals surface area contributed by atoms with Gasteiger partial charge in [0.2, 0.25) is 0 Å². The number of nitrogens with zero attached hydrogens (tertiary/aromatic N) is 1. The molecule has 1 heterocycles. The van der Waals surface area contributed by atoms with E-state index in [-0.39, 0.29) is 17.7 Å². The molecule has 0 aliphatic rings. The normalized spacial score (nSPS) is 10.7. The van der Waals surface area contributed by atoms with Crippen molar-refractivity contribution >= 4 is 28.6 Å². The number of hydrogen-bond acceptors (Lipinski definition) is 4. The smallest absolute Gasteiger partial charge is 0.337 e. The van der Waals surface area contributed by atoms with E-state index < -0.39 is 17.6 Å². The highest BCUT2D eigenvalue weighted by molar-refractivity contribution is 14.1. The molecule has 0 aliphatic heterocycles. The van der Waals surface area contributed by atoms with E-state index in [2.05, 4.69) is 0 Å². The number of aromatic nitrogens is 1. The highest BCUT2D eigenvalue weighted by atomic mass is 127. The van der Waals surface area contributed by atoms with Gasteiger partial charge >= 0.3 is 5.97 Å². The van der Waals surface area contributed by atoms with E-state index >= 15 is 0 Å². The molecule has 0 spiro atoms. The molecule has 0 radical (unpaired) electrons. The maximum Gasteiger partial charge on any atom is 0.337 e. The molecule has 8 heteroatoms. The second-order valence-corrected chi connectivity index (χ2v) is 7.70. The Morgan fingerprint density at radius 3 is 2.50 bits per heavy atom. The lowest BCUT2D eigenvalue weighted by Crippen LogP contribution is -2.25. The first-order chi connectivity index (χ1) is 14.2. The van der Waals surface area contributed by atoms with Gasteiger partial charge in [0.05, 0.1) is 18.4 Å². The van der Waals surface area contributed by atoms with Crippen LogP contribution in [0.2, 0.25) is 0 Å². The average Bonchev–Trinajstić information content (AvgIpc) is 2.71. The summed E-state index contributed by atoms with van der Waals surface area (Å²) in [6.45, 7) is 3.41. The third kappa shape index (κ3) is 4.38. The Kier molecular flexibility index (Phi) is 6.55. The summed E-state index contributed by atoms with van der Waals surface area (Å²) in [6, 6.07) is 9.85. The molecule has 30 heavy (non-hydrogen) atoms. The number of aryl methyl sites for hydroxylation is 2. The summed E-state index contributed by atoms with van der Waals surface area (Å²) < 4.78 is 39.1. The molecule has 0 N–H and O–H groups in total. The van der Waals surface area contributed by atoms with Gasteiger partial charge in [-0.15, -0.1) is 0 Å². The summed E-state index contributed by atoms with van der Waals surface area (Å²) in [4.78, 5) is 25.0. The number of methoxy groups -OCH3 is 1. The minimum Gasteiger partial charge on any atom is -0.487 e. The van der Waals surface area contributed by atoms with Crippen molar-refractivity contribution in [3.63, 3.8) is 0 Å². The maximum atomic E-state index is 13.8. The van der Waals surface area contributed by atoms with Crippen LogP contribution in [0.3, 0.4) is 0 Å². The predicted molar refractivity (Wildman–Crippen MR) is 116 cm³/mol. The molecule has 0 bridgehead atoms. The first-order valence-corrected chi connectivity index (χ1v) is 9.99. The van der Waals surface area contributed by atoms with Crippen molar-refractivity contribution < 1.29 is 23.0 Å². The summed E-state index contributed by atoms with van der Waals surface area (Å²) in [7, 11) is 1.29. The lowest BCUT2D eigenvalue weighted by Gasteiger charge is -2.17. The summed E-state index contributed by atoms with van der Waals surface area (Å²) in [5.74, 6) is -1.60. The summed E-state index contributed by atoms with van der Waals surface area (Å²) in [5, 5.41) is 0. The fraction of sp³-hybridized carbons (Fsp3) is 0.182. The Labute approximate surface area is 185 Å². The zero-order valence-corrected chi connectivity index (χ0v) is 18.6. The van der Waals surface area contributed by atoms with Crippen molar-refractivity contribution in [2.24, 2.45) is 0 Å². The van der Waals surface area contributed by atoms with Gasteiger partial charge in [-0.25, -0.2) is 13.6 Å². The zero-order valence-electron chi connectivity index (χ0n) is 16.5. The number of carbonyl (C=O) groups excluding carboxylic acids is 1. The third-order valence-electron chi connectivity index (χ3n) is 4.57. The van der Waals surface area contributed by atoms with E-state index in [1.807, 2.05) is 29.5 Å². The largest absolute Gasteiger partial charge is 0.487 e. The lowest BCUT2D eigenvalue weighted by atomic mass is 10.1. The standard InChI is InChI=1S/C22H18F2INO4/c1-12-4-5-14(22(28)29-3)9-18(12)26-13(2)8-19(20(25)21(26)27)30-11-15-6-7-16(23)10-17(15)24/h4-10H,11H2,1-3H3. The van der Waals surface area contributed by atoms with Gasteiger partial charge < -0.3 is 9.47 Å². The molecular formula is C22H18F2INO4. The summed E-state index contributed by atoms with van der Waals surface area (Å²) in [6.07, 6.45) is 0. The first kappa shape index (κ1) is 21.9. The van der Waals surface area contributed by atoms with Crippen LogP contribution in [0.5, 0.6) is 5.75 Å². The van der Waals surface area contributed by atoms with Gasteiger partial charge in [-0.3, -0.25) is 9.36 Å². The van der Waals surface area contributed by atoms with Crippen LogP contribution in [0.1, 0.15) is 27.2 Å². The quantitative estimate of drug-likeness (QED) is 0.358. The topological polar surface area (TPSA) is 57.5 Å². The first-order valence-electron chi connectivity index (χ1n) is 8.91. The van der Waals surface area contributed by atoms with E-state index in [0.717, 1.165) is 17.7 Å². The second-order valence-electron chi connectivity index (χ2n) is 6.62. The van der Waals surface area contributed by atoms with Crippen LogP contribution in [0.15, 0.2) is 47.3 Å². The molecule has 1 aromatic heterocycles. The van der Waals surface area contributed by atoms with Crippen LogP contribution in [0, 0.1) is 29.1 Å². The Bertz CT molecular complexity index is 1190. The van der Waals surface area contributed by atoms with E-state index in [0.29, 0.717) is 26.3 Å². The number of benzene rings is 2. The fourth-order valence-corrected chi connectivity index (χ4v) is 3.53. The Morgan fingerprint density at radius 1 is 1.10 bits per heavy atom. The zero-order chi connectivity index (χ0) is 22.0. The molecule has 3 aromatic rings. The minimum absolute atomic E-state index is 0.151. The molecule has 0 saturated heterocycles. The molecule has 2 aromatic carbocycles. The Balaban J connectivity index is 2.00. The maximum absolute atomic E-state index is 13.8. The van der Waals surface area contributed by atoms with Crippen molar-refractivity contribution in [3.8, 4) is 11.4 Å². The van der Waals surface area contributed by atoms with Crippen molar-refractivity contribution in [1.82, 2.24) is 4.57 Å². The number of carbonyl (C=O) groups is 1. The number of halogens is 3. The number of rotatable bonds is 5. The molecule has 0 atom stereocenters. The van der Waals surface area contributed by atoms with E-state index in [4.69, 9.17) is 9.47 Å². The van der Waals surface area contributed by atoms with Gasteiger partial charge in [-0.1, -0.05) is 6.07 Å². The summed E-state index contributed by atoms with van der Waals surface area (Å²) in [5.41, 5.74) is 2.08. The van der Waals surface area contributed by atoms with Crippen LogP contribution in [0.4, 0.5) is 8.78 Å². The fourth-order valence-electron chi connectivity index (χ4n) is 2.98. The number of esters is 1. The molecule has 5 nitrogen and oxygen atoms in total. The van der Waals surface area contributed by atoms with Crippen LogP contribution in [-0.2, 0) is 11.3 Å². The number of ether oxygens (including phenoxy) is 2. The minimum atomic E-state index is -0.717. The second kappa shape index (κ2) is 8.95. The molecule has 0 amide bonds. The lowest BCUT2D eigenvalue weighted by molar-refractivity contribution is 0.0600. The van der Waals surface area contributed by atoms with Crippen molar-refractivity contribution in [3.05, 3.63) is 90.4 Å². The van der Waals surface area contributed by atoms with Gasteiger partial charge in [0.25, 0.3) is 5.56 Å². The SMILES string of the molecule is COC(=O)c1ccc(C)c(-n2c(C)cc(OCc3ccc(F)cc3F)c(I)c2=O)c1. The molecular weight excluding hydrogens is 507 g/mol. The van der Waals surface area contributed by atoms with Crippen LogP contribution >= 0.6 is 22.6 Å². The Morgan fingerprint density at radius 2 is 1.83 bits per heavy atom. The van der Waals surface area contributed by atoms with Gasteiger partial charge in [0.15, 0.2) is 0 Å². The third-order valence-corrected chi connectivity index (χ3v) is 5.56. The van der Waals surface area contributed by atoms with Gasteiger partial charge in [-0.05, 0) is 66.3 Å². The van der Waals surface area contributed by atoms with Crippen molar-refractivity contribution in [2.45, 2.75) is 20.5 Å². The summed E-state index contributed by atoms with van der Waals surface area (Å²) >= 11 is 1.87. The molecule has 0 saturated carbocycles. The number of pyridine rings is 1. The van der Waals surface area contributed by atoms with Crippen LogP contribution in [-0.4, -0.2) is 17.6 Å². The van der Waals surface area contributed by atoms with Crippen LogP contribution in [0.25, 0.3) is 5.69 Å². The predicted octanol–water partition coefficient (Wildman–Crippen LogP) is 4.70. The van der Waals surface area contributed by atoms with Gasteiger partial charge in [-0.2, -0.15) is 0 Å².